The molecule has 0 saturated heterocycles. The molecule has 1 saturated carbocycles. The Kier molecular flexibility index (Phi) is 6.00. The lowest BCUT2D eigenvalue weighted by molar-refractivity contribution is -0.147. The minimum absolute atomic E-state index is 0.159. The second-order valence-corrected chi connectivity index (χ2v) is 9.03. The van der Waals surface area contributed by atoms with Gasteiger partial charge in [-0.2, -0.15) is 0 Å². The third kappa shape index (κ3) is 3.78. The molecule has 25 heavy (non-hydrogen) atoms. The van der Waals surface area contributed by atoms with Gasteiger partial charge in [-0.3, -0.25) is 4.79 Å². The number of ether oxygens (including phenoxy) is 1. The highest BCUT2D eigenvalue weighted by atomic mass is 79.9. The maximum Gasteiger partial charge on any atom is 0.310 e. The van der Waals surface area contributed by atoms with Crippen LogP contribution >= 0.6 is 31.9 Å². The van der Waals surface area contributed by atoms with E-state index in [9.17, 15) is 22.4 Å². The second-order valence-electron chi connectivity index (χ2n) is 6.26. The lowest BCUT2D eigenvalue weighted by atomic mass is 10.1. The molecule has 1 N–H and O–H groups in total. The molecule has 2 atom stereocenters. The predicted molar refractivity (Wildman–Crippen MR) is 88.7 cm³/mol. The Bertz CT molecular complexity index is 716. The normalized spacial score (nSPS) is 21.0. The van der Waals surface area contributed by atoms with Crippen molar-refractivity contribution in [1.29, 1.82) is 0 Å². The Morgan fingerprint density at radius 2 is 1.60 bits per heavy atom. The summed E-state index contributed by atoms with van der Waals surface area (Å²) in [5.41, 5.74) is -2.56. The Labute approximate surface area is 158 Å². The van der Waals surface area contributed by atoms with Crippen LogP contribution in [0.3, 0.4) is 0 Å². The number of rotatable bonds is 5. The summed E-state index contributed by atoms with van der Waals surface area (Å²) in [7, 11) is 0. The van der Waals surface area contributed by atoms with Crippen molar-refractivity contribution in [3.8, 4) is 0 Å². The molecule has 1 aliphatic carbocycles. The maximum atomic E-state index is 13.9. The molecular weight excluding hydrogens is 476 g/mol. The third-order valence-electron chi connectivity index (χ3n) is 4.43. The van der Waals surface area contributed by atoms with Crippen molar-refractivity contribution < 1.29 is 32.2 Å². The van der Waals surface area contributed by atoms with Gasteiger partial charge >= 0.3 is 5.97 Å². The van der Waals surface area contributed by atoms with E-state index in [1.807, 2.05) is 13.8 Å². The molecular formula is C16H14Br2F4O3. The lowest BCUT2D eigenvalue weighted by Crippen LogP contribution is -2.14. The Hall–Kier alpha value is -0.930. The van der Waals surface area contributed by atoms with Crippen LogP contribution in [0.2, 0.25) is 0 Å². The number of aliphatic hydroxyl groups excluding tert-OH is 1. The molecule has 0 spiro atoms. The van der Waals surface area contributed by atoms with E-state index in [0.29, 0.717) is 3.39 Å². The first-order chi connectivity index (χ1) is 11.5. The minimum Gasteiger partial charge on any atom is -0.460 e. The van der Waals surface area contributed by atoms with E-state index in [4.69, 9.17) is 9.84 Å². The van der Waals surface area contributed by atoms with Crippen LogP contribution < -0.4 is 0 Å². The summed E-state index contributed by atoms with van der Waals surface area (Å²) < 4.78 is 60.5. The number of hydrogen-bond donors (Lipinski definition) is 1. The number of carbonyl (C=O) groups is 1. The highest BCUT2D eigenvalue weighted by Crippen LogP contribution is 2.60. The van der Waals surface area contributed by atoms with Crippen LogP contribution in [-0.2, 0) is 22.7 Å². The highest BCUT2D eigenvalue weighted by Gasteiger charge is 2.61. The van der Waals surface area contributed by atoms with Crippen LogP contribution in [0.15, 0.2) is 9.47 Å². The van der Waals surface area contributed by atoms with E-state index in [-0.39, 0.29) is 5.92 Å². The fourth-order valence-corrected chi connectivity index (χ4v) is 3.37. The van der Waals surface area contributed by atoms with Crippen LogP contribution in [-0.4, -0.2) is 11.1 Å². The smallest absolute Gasteiger partial charge is 0.310 e. The summed E-state index contributed by atoms with van der Waals surface area (Å²) in [5.74, 6) is -8.22. The quantitative estimate of drug-likeness (QED) is 0.371. The molecule has 0 aromatic heterocycles. The van der Waals surface area contributed by atoms with E-state index in [1.165, 1.54) is 0 Å². The fourth-order valence-electron chi connectivity index (χ4n) is 2.80. The molecule has 2 rings (SSSR count). The van der Waals surface area contributed by atoms with Gasteiger partial charge in [-0.05, 0) is 43.2 Å². The SMILES string of the molecule is CC1(C)[C@H](C=C(Br)Br)[C@H]1C(=O)OCc1c(F)c(F)c(CO)c(F)c1F. The molecule has 1 aliphatic rings. The molecule has 3 nitrogen and oxygen atoms in total. The van der Waals surface area contributed by atoms with Gasteiger partial charge in [0, 0.05) is 0 Å². The van der Waals surface area contributed by atoms with Crippen molar-refractivity contribution in [2.75, 3.05) is 0 Å². The summed E-state index contributed by atoms with van der Waals surface area (Å²) in [6.45, 7) is 1.49. The van der Waals surface area contributed by atoms with Crippen LogP contribution in [0.25, 0.3) is 0 Å². The molecule has 1 fully saturated rings. The Morgan fingerprint density at radius 3 is 2.04 bits per heavy atom. The predicted octanol–water partition coefficient (Wildman–Crippen LogP) is 4.68. The fraction of sp³-hybridized carbons (Fsp3) is 0.438. The number of esters is 1. The van der Waals surface area contributed by atoms with Crippen LogP contribution in [0.5, 0.6) is 0 Å². The number of halogens is 6. The van der Waals surface area contributed by atoms with Gasteiger partial charge in [0.25, 0.3) is 0 Å². The highest BCUT2D eigenvalue weighted by molar-refractivity contribution is 9.28. The van der Waals surface area contributed by atoms with Gasteiger partial charge in [-0.25, -0.2) is 17.6 Å². The number of carbonyl (C=O) groups excluding carboxylic acids is 1. The number of aliphatic hydroxyl groups is 1. The number of allylic oxidation sites excluding steroid dienone is 1. The second kappa shape index (κ2) is 7.36. The molecule has 9 heteroatoms. The average Bonchev–Trinajstić information content (AvgIpc) is 3.05. The summed E-state index contributed by atoms with van der Waals surface area (Å²) in [4.78, 5) is 12.1. The van der Waals surface area contributed by atoms with Gasteiger partial charge < -0.3 is 9.84 Å². The third-order valence-corrected chi connectivity index (χ3v) is 4.96. The lowest BCUT2D eigenvalue weighted by Gasteiger charge is -2.11. The molecule has 138 valence electrons. The minimum atomic E-state index is -1.71. The summed E-state index contributed by atoms with van der Waals surface area (Å²) in [6, 6.07) is 0. The van der Waals surface area contributed by atoms with Gasteiger partial charge in [0.2, 0.25) is 0 Å². The Balaban J connectivity index is 2.18. The summed E-state index contributed by atoms with van der Waals surface area (Å²) in [6.07, 6.45) is 1.75. The number of hydrogen-bond acceptors (Lipinski definition) is 3. The van der Waals surface area contributed by atoms with E-state index in [2.05, 4.69) is 31.9 Å². The van der Waals surface area contributed by atoms with Crippen molar-refractivity contribution in [2.24, 2.45) is 17.3 Å². The van der Waals surface area contributed by atoms with Gasteiger partial charge in [0.15, 0.2) is 23.3 Å². The van der Waals surface area contributed by atoms with Crippen LogP contribution in [0.4, 0.5) is 17.6 Å². The van der Waals surface area contributed by atoms with Crippen molar-refractivity contribution in [3.05, 3.63) is 43.9 Å². The monoisotopic (exact) mass is 488 g/mol. The molecule has 0 bridgehead atoms. The topological polar surface area (TPSA) is 46.5 Å². The molecule has 0 aliphatic heterocycles. The molecule has 0 radical (unpaired) electrons. The maximum absolute atomic E-state index is 13.9. The van der Waals surface area contributed by atoms with E-state index in [1.54, 1.807) is 6.08 Å². The van der Waals surface area contributed by atoms with Crippen molar-refractivity contribution in [3.63, 3.8) is 0 Å². The molecule has 1 aromatic carbocycles. The Morgan fingerprint density at radius 1 is 1.12 bits per heavy atom. The molecule has 0 unspecified atom stereocenters. The molecule has 1 aromatic rings. The summed E-state index contributed by atoms with van der Waals surface area (Å²) >= 11 is 6.38. The van der Waals surface area contributed by atoms with E-state index < -0.39 is 64.9 Å². The average molecular weight is 490 g/mol. The molecule has 0 amide bonds. The van der Waals surface area contributed by atoms with Crippen molar-refractivity contribution >= 4 is 37.8 Å². The first-order valence-corrected chi connectivity index (χ1v) is 8.76. The van der Waals surface area contributed by atoms with Crippen molar-refractivity contribution in [1.82, 2.24) is 0 Å². The van der Waals surface area contributed by atoms with Crippen molar-refractivity contribution in [2.45, 2.75) is 27.1 Å². The zero-order chi connectivity index (χ0) is 19.1. The van der Waals surface area contributed by atoms with Crippen LogP contribution in [0.1, 0.15) is 25.0 Å². The van der Waals surface area contributed by atoms with Crippen LogP contribution in [0, 0.1) is 40.5 Å². The van der Waals surface area contributed by atoms with E-state index in [0.717, 1.165) is 0 Å². The van der Waals surface area contributed by atoms with Gasteiger partial charge in [0.1, 0.15) is 6.61 Å². The first-order valence-electron chi connectivity index (χ1n) is 7.18. The van der Waals surface area contributed by atoms with Gasteiger partial charge in [0.05, 0.1) is 27.0 Å². The summed E-state index contributed by atoms with van der Waals surface area (Å²) in [5, 5.41) is 8.79. The number of benzene rings is 1. The largest absolute Gasteiger partial charge is 0.460 e. The zero-order valence-electron chi connectivity index (χ0n) is 13.2. The van der Waals surface area contributed by atoms with Gasteiger partial charge in [-0.15, -0.1) is 0 Å². The first kappa shape index (κ1) is 20.4. The van der Waals surface area contributed by atoms with E-state index >= 15 is 0 Å². The standard InChI is InChI=1S/C16H14Br2F4O3/c1-16(2)8(3-9(17)18)10(16)15(24)25-5-7-13(21)11(19)6(4-23)12(20)14(7)22/h3,8,10,23H,4-5H2,1-2H3/t8-,10+/m1/s1. The zero-order valence-corrected chi connectivity index (χ0v) is 16.3. The molecule has 0 heterocycles. The van der Waals surface area contributed by atoms with Gasteiger partial charge in [-0.1, -0.05) is 19.9 Å².